The van der Waals surface area contributed by atoms with Crippen LogP contribution >= 0.6 is 27.5 Å². The van der Waals surface area contributed by atoms with Crippen molar-refractivity contribution in [3.63, 3.8) is 0 Å². The van der Waals surface area contributed by atoms with Crippen LogP contribution in [0.2, 0.25) is 0 Å². The van der Waals surface area contributed by atoms with Crippen molar-refractivity contribution in [1.29, 1.82) is 0 Å². The summed E-state index contributed by atoms with van der Waals surface area (Å²) >= 11 is 8.61. The molecule has 0 heterocycles. The average molecular weight is 230 g/mol. The van der Waals surface area contributed by atoms with Crippen LogP contribution < -0.4 is 0 Å². The first-order chi connectivity index (χ1) is 4.57. The van der Waals surface area contributed by atoms with E-state index in [2.05, 4.69) is 15.9 Å². The number of carbonyl (C=O) groups excluding carboxylic acids is 1. The maximum atomic E-state index is 10.8. The van der Waals surface area contributed by atoms with Gasteiger partial charge in [0.25, 0.3) is 0 Å². The molecule has 0 bridgehead atoms. The van der Waals surface area contributed by atoms with Crippen molar-refractivity contribution in [2.45, 2.75) is 25.3 Å². The van der Waals surface area contributed by atoms with E-state index in [9.17, 15) is 4.79 Å². The summed E-state index contributed by atoms with van der Waals surface area (Å²) < 4.78 is 4.80. The van der Waals surface area contributed by atoms with E-state index in [0.29, 0.717) is 5.33 Å². The number of ether oxygens (including phenoxy) is 1. The van der Waals surface area contributed by atoms with Crippen LogP contribution in [0.1, 0.15) is 13.8 Å². The monoisotopic (exact) mass is 228 g/mol. The molecule has 0 amide bonds. The minimum absolute atomic E-state index is 0.0900. The SMILES string of the molecule is CC(C)OC(=O)C(Cl)CBr. The lowest BCUT2D eigenvalue weighted by Crippen LogP contribution is -2.22. The number of hydrogen-bond donors (Lipinski definition) is 0. The Morgan fingerprint density at radius 2 is 2.20 bits per heavy atom. The molecule has 60 valence electrons. The molecule has 10 heavy (non-hydrogen) atoms. The summed E-state index contributed by atoms with van der Waals surface area (Å²) in [5, 5.41) is -0.137. The van der Waals surface area contributed by atoms with Gasteiger partial charge in [0.2, 0.25) is 0 Å². The lowest BCUT2D eigenvalue weighted by molar-refractivity contribution is -0.146. The van der Waals surface area contributed by atoms with Gasteiger partial charge in [0.05, 0.1) is 6.10 Å². The fourth-order valence-corrected chi connectivity index (χ4v) is 0.685. The molecule has 4 heteroatoms. The Balaban J connectivity index is 3.62. The molecule has 0 aliphatic heterocycles. The van der Waals surface area contributed by atoms with Crippen LogP contribution in [0, 0.1) is 0 Å². The zero-order valence-electron chi connectivity index (χ0n) is 5.93. The summed E-state index contributed by atoms with van der Waals surface area (Å²) in [6.07, 6.45) is -0.0900. The molecule has 0 aromatic rings. The lowest BCUT2D eigenvalue weighted by atomic mass is 10.4. The fraction of sp³-hybridized carbons (Fsp3) is 0.833. The third-order valence-corrected chi connectivity index (χ3v) is 2.10. The smallest absolute Gasteiger partial charge is 0.325 e. The highest BCUT2D eigenvalue weighted by atomic mass is 79.9. The van der Waals surface area contributed by atoms with Gasteiger partial charge in [0.15, 0.2) is 0 Å². The second-order valence-electron chi connectivity index (χ2n) is 2.11. The first-order valence-electron chi connectivity index (χ1n) is 2.98. The predicted molar refractivity (Wildman–Crippen MR) is 44.7 cm³/mol. The van der Waals surface area contributed by atoms with Crippen LogP contribution in [0.4, 0.5) is 0 Å². The molecular weight excluding hydrogens is 219 g/mol. The van der Waals surface area contributed by atoms with Crippen LogP contribution in [-0.2, 0) is 9.53 Å². The van der Waals surface area contributed by atoms with Crippen molar-refractivity contribution in [3.05, 3.63) is 0 Å². The van der Waals surface area contributed by atoms with Crippen molar-refractivity contribution in [3.8, 4) is 0 Å². The van der Waals surface area contributed by atoms with Gasteiger partial charge < -0.3 is 4.74 Å². The molecule has 0 radical (unpaired) electrons. The molecule has 0 saturated carbocycles. The molecule has 0 aromatic carbocycles. The first-order valence-corrected chi connectivity index (χ1v) is 4.54. The molecule has 0 fully saturated rings. The molecule has 0 N–H and O–H groups in total. The Kier molecular flexibility index (Phi) is 5.09. The molecule has 1 atom stereocenters. The van der Waals surface area contributed by atoms with Crippen LogP contribution in [0.25, 0.3) is 0 Å². The van der Waals surface area contributed by atoms with Crippen molar-refractivity contribution in [1.82, 2.24) is 0 Å². The van der Waals surface area contributed by atoms with E-state index in [-0.39, 0.29) is 12.1 Å². The Hall–Kier alpha value is 0.240. The normalized spacial score (nSPS) is 13.3. The highest BCUT2D eigenvalue weighted by molar-refractivity contribution is 9.09. The number of halogens is 2. The highest BCUT2D eigenvalue weighted by Gasteiger charge is 2.15. The Morgan fingerprint density at radius 1 is 1.70 bits per heavy atom. The van der Waals surface area contributed by atoms with Gasteiger partial charge in [-0.25, -0.2) is 0 Å². The van der Waals surface area contributed by atoms with Crippen LogP contribution in [-0.4, -0.2) is 22.8 Å². The molecule has 0 rings (SSSR count). The summed E-state index contributed by atoms with van der Waals surface area (Å²) in [7, 11) is 0. The van der Waals surface area contributed by atoms with Crippen molar-refractivity contribution < 1.29 is 9.53 Å². The summed E-state index contributed by atoms with van der Waals surface area (Å²) in [5.74, 6) is -0.367. The molecule has 0 saturated heterocycles. The molecule has 0 spiro atoms. The standard InChI is InChI=1S/C6H10BrClO2/c1-4(2)10-6(9)5(8)3-7/h4-5H,3H2,1-2H3. The highest BCUT2D eigenvalue weighted by Crippen LogP contribution is 2.04. The second-order valence-corrected chi connectivity index (χ2v) is 3.28. The topological polar surface area (TPSA) is 26.3 Å². The molecule has 0 aromatic heterocycles. The third-order valence-electron chi connectivity index (χ3n) is 0.743. The van der Waals surface area contributed by atoms with Crippen molar-refractivity contribution in [2.24, 2.45) is 0 Å². The van der Waals surface area contributed by atoms with Crippen molar-refractivity contribution >= 4 is 33.5 Å². The van der Waals surface area contributed by atoms with E-state index in [1.807, 2.05) is 0 Å². The number of hydrogen-bond acceptors (Lipinski definition) is 2. The van der Waals surface area contributed by atoms with Gasteiger partial charge in [-0.15, -0.1) is 11.6 Å². The van der Waals surface area contributed by atoms with Crippen LogP contribution in [0.3, 0.4) is 0 Å². The van der Waals surface area contributed by atoms with Crippen LogP contribution in [0.15, 0.2) is 0 Å². The minimum Gasteiger partial charge on any atom is -0.462 e. The maximum Gasteiger partial charge on any atom is 0.325 e. The van der Waals surface area contributed by atoms with Gasteiger partial charge in [-0.1, -0.05) is 15.9 Å². The van der Waals surface area contributed by atoms with E-state index in [1.54, 1.807) is 13.8 Å². The van der Waals surface area contributed by atoms with E-state index in [1.165, 1.54) is 0 Å². The quantitative estimate of drug-likeness (QED) is 0.546. The summed E-state index contributed by atoms with van der Waals surface area (Å²) in [5.41, 5.74) is 0. The van der Waals surface area contributed by atoms with E-state index in [4.69, 9.17) is 16.3 Å². The third kappa shape index (κ3) is 4.12. The fourth-order valence-electron chi connectivity index (χ4n) is 0.369. The van der Waals surface area contributed by atoms with Gasteiger partial charge in [0.1, 0.15) is 5.38 Å². The molecule has 0 aliphatic rings. The Morgan fingerprint density at radius 3 is 2.50 bits per heavy atom. The van der Waals surface area contributed by atoms with Gasteiger partial charge in [-0.3, -0.25) is 4.79 Å². The second kappa shape index (κ2) is 4.97. The number of alkyl halides is 2. The largest absolute Gasteiger partial charge is 0.462 e. The zero-order valence-corrected chi connectivity index (χ0v) is 8.28. The maximum absolute atomic E-state index is 10.8. The van der Waals surface area contributed by atoms with Gasteiger partial charge in [-0.2, -0.15) is 0 Å². The van der Waals surface area contributed by atoms with E-state index >= 15 is 0 Å². The zero-order chi connectivity index (χ0) is 8.15. The number of rotatable bonds is 3. The predicted octanol–water partition coefficient (Wildman–Crippen LogP) is 1.94. The average Bonchev–Trinajstić information content (AvgIpc) is 1.85. The Labute approximate surface area is 74.0 Å². The molecule has 0 aliphatic carbocycles. The summed E-state index contributed by atoms with van der Waals surface area (Å²) in [4.78, 5) is 10.8. The number of carbonyl (C=O) groups is 1. The van der Waals surface area contributed by atoms with E-state index < -0.39 is 5.38 Å². The molecule has 2 nitrogen and oxygen atoms in total. The van der Waals surface area contributed by atoms with Gasteiger partial charge in [-0.05, 0) is 13.8 Å². The first kappa shape index (κ1) is 10.2. The lowest BCUT2D eigenvalue weighted by Gasteiger charge is -2.09. The summed E-state index contributed by atoms with van der Waals surface area (Å²) in [6, 6.07) is 0. The van der Waals surface area contributed by atoms with E-state index in [0.717, 1.165) is 0 Å². The molecular formula is C6H10BrClO2. The minimum atomic E-state index is -0.567. The van der Waals surface area contributed by atoms with Crippen molar-refractivity contribution in [2.75, 3.05) is 5.33 Å². The Bertz CT molecular complexity index is 116. The van der Waals surface area contributed by atoms with Crippen LogP contribution in [0.5, 0.6) is 0 Å². The van der Waals surface area contributed by atoms with Gasteiger partial charge >= 0.3 is 5.97 Å². The number of esters is 1. The summed E-state index contributed by atoms with van der Waals surface area (Å²) in [6.45, 7) is 3.57. The van der Waals surface area contributed by atoms with Gasteiger partial charge in [0, 0.05) is 5.33 Å². The molecule has 1 unspecified atom stereocenters.